The van der Waals surface area contributed by atoms with Crippen molar-refractivity contribution in [2.45, 2.75) is 38.8 Å². The third kappa shape index (κ3) is 5.48. The molecular formula is C20H26F3N3O. The molecule has 0 spiro atoms. The van der Waals surface area contributed by atoms with Crippen LogP contribution in [0.15, 0.2) is 30.3 Å². The van der Waals surface area contributed by atoms with Crippen LogP contribution in [0.5, 0.6) is 5.75 Å². The van der Waals surface area contributed by atoms with Gasteiger partial charge in [-0.1, -0.05) is 19.9 Å². The van der Waals surface area contributed by atoms with Crippen molar-refractivity contribution >= 4 is 0 Å². The summed E-state index contributed by atoms with van der Waals surface area (Å²) in [6.07, 6.45) is -2.67. The van der Waals surface area contributed by atoms with Gasteiger partial charge in [0.25, 0.3) is 0 Å². The lowest BCUT2D eigenvalue weighted by Gasteiger charge is -2.17. The number of aromatic amines is 1. The molecule has 1 atom stereocenters. The van der Waals surface area contributed by atoms with Gasteiger partial charge in [0.15, 0.2) is 0 Å². The third-order valence-electron chi connectivity index (χ3n) is 4.77. The fraction of sp³-hybridized carbons (Fsp3) is 0.550. The molecule has 2 aromatic rings. The minimum absolute atomic E-state index is 0.227. The number of likely N-dealkylation sites (tertiary alicyclic amines) is 1. The molecule has 0 bridgehead atoms. The Hall–Kier alpha value is -2.02. The standard InChI is InChI=1S/C20H26F3N3O/c1-14(2)12-26-8-6-15(13-26)19-11-17(24-25-19)7-9-27-18-5-3-4-16(10-18)20(21,22)23/h3-5,10-11,14-15H,6-9,12-13H2,1-2H3,(H,24,25)/t15-/m0/s1. The summed E-state index contributed by atoms with van der Waals surface area (Å²) in [5.74, 6) is 1.33. The highest BCUT2D eigenvalue weighted by atomic mass is 19.4. The number of H-pyrrole nitrogens is 1. The van der Waals surface area contributed by atoms with Crippen LogP contribution in [0.1, 0.15) is 43.1 Å². The van der Waals surface area contributed by atoms with Crippen LogP contribution in [0.3, 0.4) is 0 Å². The first-order valence-corrected chi connectivity index (χ1v) is 9.38. The fourth-order valence-electron chi connectivity index (χ4n) is 3.51. The molecule has 1 N–H and O–H groups in total. The average Bonchev–Trinajstić information content (AvgIpc) is 3.23. The number of hydrogen-bond acceptors (Lipinski definition) is 3. The van der Waals surface area contributed by atoms with E-state index in [4.69, 9.17) is 4.74 Å². The lowest BCUT2D eigenvalue weighted by atomic mass is 10.0. The first-order valence-electron chi connectivity index (χ1n) is 9.38. The maximum absolute atomic E-state index is 12.7. The molecule has 148 valence electrons. The van der Waals surface area contributed by atoms with Crippen LogP contribution in [-0.2, 0) is 12.6 Å². The van der Waals surface area contributed by atoms with E-state index in [0.29, 0.717) is 24.9 Å². The van der Waals surface area contributed by atoms with E-state index in [0.717, 1.165) is 49.6 Å². The van der Waals surface area contributed by atoms with Crippen LogP contribution in [0, 0.1) is 5.92 Å². The van der Waals surface area contributed by atoms with Gasteiger partial charge < -0.3 is 9.64 Å². The zero-order valence-corrected chi connectivity index (χ0v) is 15.7. The molecule has 3 rings (SSSR count). The normalized spacial score (nSPS) is 18.4. The smallest absolute Gasteiger partial charge is 0.416 e. The fourth-order valence-corrected chi connectivity index (χ4v) is 3.51. The molecule has 1 aliphatic rings. The summed E-state index contributed by atoms with van der Waals surface area (Å²) >= 11 is 0. The van der Waals surface area contributed by atoms with E-state index in [1.54, 1.807) is 0 Å². The molecule has 0 aliphatic carbocycles. The molecule has 2 heterocycles. The van der Waals surface area contributed by atoms with Gasteiger partial charge in [-0.05, 0) is 43.1 Å². The van der Waals surface area contributed by atoms with Crippen molar-refractivity contribution in [3.63, 3.8) is 0 Å². The Morgan fingerprint density at radius 1 is 1.30 bits per heavy atom. The summed E-state index contributed by atoms with van der Waals surface area (Å²) in [5.41, 5.74) is 1.31. The van der Waals surface area contributed by atoms with Crippen molar-refractivity contribution in [3.05, 3.63) is 47.3 Å². The number of halogens is 3. The molecule has 7 heteroatoms. The lowest BCUT2D eigenvalue weighted by molar-refractivity contribution is -0.137. The van der Waals surface area contributed by atoms with Gasteiger partial charge in [-0.25, -0.2) is 0 Å². The van der Waals surface area contributed by atoms with E-state index < -0.39 is 11.7 Å². The summed E-state index contributed by atoms with van der Waals surface area (Å²) in [6.45, 7) is 7.99. The molecule has 1 aliphatic heterocycles. The van der Waals surface area contributed by atoms with Gasteiger partial charge in [-0.15, -0.1) is 0 Å². The molecular weight excluding hydrogens is 355 g/mol. The number of nitrogens with zero attached hydrogens (tertiary/aromatic N) is 2. The summed E-state index contributed by atoms with van der Waals surface area (Å²) < 4.78 is 43.7. The Bertz CT molecular complexity index is 742. The molecule has 1 aromatic carbocycles. The van der Waals surface area contributed by atoms with E-state index in [2.05, 4.69) is 35.0 Å². The zero-order chi connectivity index (χ0) is 19.4. The second kappa shape index (κ2) is 8.33. The Labute approximate surface area is 157 Å². The topological polar surface area (TPSA) is 41.1 Å². The molecule has 27 heavy (non-hydrogen) atoms. The molecule has 0 radical (unpaired) electrons. The van der Waals surface area contributed by atoms with E-state index in [9.17, 15) is 13.2 Å². The predicted octanol–water partition coefficient (Wildman–Crippen LogP) is 4.50. The zero-order valence-electron chi connectivity index (χ0n) is 15.7. The van der Waals surface area contributed by atoms with Gasteiger partial charge in [0.2, 0.25) is 0 Å². The van der Waals surface area contributed by atoms with Crippen LogP contribution in [-0.4, -0.2) is 41.3 Å². The van der Waals surface area contributed by atoms with Gasteiger partial charge in [-0.3, -0.25) is 5.10 Å². The number of benzene rings is 1. The van der Waals surface area contributed by atoms with Crippen molar-refractivity contribution in [1.82, 2.24) is 15.1 Å². The summed E-state index contributed by atoms with van der Waals surface area (Å²) in [7, 11) is 0. The molecule has 0 unspecified atom stereocenters. The predicted molar refractivity (Wildman–Crippen MR) is 97.9 cm³/mol. The van der Waals surface area contributed by atoms with Crippen molar-refractivity contribution in [3.8, 4) is 5.75 Å². The van der Waals surface area contributed by atoms with Gasteiger partial charge in [-0.2, -0.15) is 18.3 Å². The van der Waals surface area contributed by atoms with Crippen LogP contribution in [0.25, 0.3) is 0 Å². The third-order valence-corrected chi connectivity index (χ3v) is 4.77. The quantitative estimate of drug-likeness (QED) is 0.768. The van der Waals surface area contributed by atoms with Gasteiger partial charge in [0.05, 0.1) is 17.9 Å². The number of aromatic nitrogens is 2. The van der Waals surface area contributed by atoms with E-state index >= 15 is 0 Å². The molecule has 0 saturated carbocycles. The molecule has 1 saturated heterocycles. The number of ether oxygens (including phenoxy) is 1. The Kier molecular flexibility index (Phi) is 6.09. The van der Waals surface area contributed by atoms with Crippen LogP contribution in [0.4, 0.5) is 13.2 Å². The maximum Gasteiger partial charge on any atom is 0.416 e. The largest absolute Gasteiger partial charge is 0.493 e. The Morgan fingerprint density at radius 2 is 2.11 bits per heavy atom. The van der Waals surface area contributed by atoms with Gasteiger partial charge in [0, 0.05) is 31.1 Å². The number of rotatable bonds is 7. The van der Waals surface area contributed by atoms with E-state index in [1.165, 1.54) is 12.1 Å². The Balaban J connectivity index is 1.49. The summed E-state index contributed by atoms with van der Waals surface area (Å²) in [6, 6.07) is 7.02. The summed E-state index contributed by atoms with van der Waals surface area (Å²) in [5, 5.41) is 7.46. The first kappa shape index (κ1) is 19.7. The van der Waals surface area contributed by atoms with Crippen molar-refractivity contribution < 1.29 is 17.9 Å². The van der Waals surface area contributed by atoms with E-state index in [1.807, 2.05) is 0 Å². The average molecular weight is 381 g/mol. The molecule has 1 fully saturated rings. The van der Waals surface area contributed by atoms with Gasteiger partial charge >= 0.3 is 6.18 Å². The molecule has 1 aromatic heterocycles. The van der Waals surface area contributed by atoms with Crippen molar-refractivity contribution in [2.24, 2.45) is 5.92 Å². The number of alkyl halides is 3. The maximum atomic E-state index is 12.7. The highest BCUT2D eigenvalue weighted by Crippen LogP contribution is 2.31. The second-order valence-corrected chi connectivity index (χ2v) is 7.58. The van der Waals surface area contributed by atoms with Crippen molar-refractivity contribution in [2.75, 3.05) is 26.2 Å². The SMILES string of the molecule is CC(C)CN1CC[C@H](c2cc(CCOc3cccc(C(F)(F)F)c3)[nH]n2)C1. The lowest BCUT2D eigenvalue weighted by Crippen LogP contribution is -2.24. The number of hydrogen-bond donors (Lipinski definition) is 1. The minimum atomic E-state index is -4.36. The highest BCUT2D eigenvalue weighted by molar-refractivity contribution is 5.30. The van der Waals surface area contributed by atoms with Crippen LogP contribution < -0.4 is 4.74 Å². The monoisotopic (exact) mass is 381 g/mol. The van der Waals surface area contributed by atoms with Crippen LogP contribution >= 0.6 is 0 Å². The van der Waals surface area contributed by atoms with Crippen LogP contribution in [0.2, 0.25) is 0 Å². The van der Waals surface area contributed by atoms with Crippen molar-refractivity contribution in [1.29, 1.82) is 0 Å². The second-order valence-electron chi connectivity index (χ2n) is 7.58. The Morgan fingerprint density at radius 3 is 2.85 bits per heavy atom. The molecule has 0 amide bonds. The van der Waals surface area contributed by atoms with E-state index in [-0.39, 0.29) is 5.75 Å². The highest BCUT2D eigenvalue weighted by Gasteiger charge is 2.30. The molecule has 4 nitrogen and oxygen atoms in total. The number of nitrogens with one attached hydrogen (secondary N) is 1. The van der Waals surface area contributed by atoms with Gasteiger partial charge in [0.1, 0.15) is 5.75 Å². The minimum Gasteiger partial charge on any atom is -0.493 e. The first-order chi connectivity index (χ1) is 12.8. The summed E-state index contributed by atoms with van der Waals surface area (Å²) in [4.78, 5) is 2.47.